The minimum absolute atomic E-state index is 0.0670. The second-order valence-electron chi connectivity index (χ2n) is 5.96. The zero-order valence-corrected chi connectivity index (χ0v) is 15.9. The van der Waals surface area contributed by atoms with Crippen LogP contribution in [0.5, 0.6) is 5.75 Å². The highest BCUT2D eigenvalue weighted by molar-refractivity contribution is 7.87. The summed E-state index contributed by atoms with van der Waals surface area (Å²) >= 11 is 0. The third kappa shape index (κ3) is 6.51. The first kappa shape index (κ1) is 20.5. The minimum Gasteiger partial charge on any atom is -0.382 e. The Hall–Kier alpha value is -1.56. The second-order valence-corrected chi connectivity index (χ2v) is 7.82. The van der Waals surface area contributed by atoms with Crippen LogP contribution in [0.1, 0.15) is 58.9 Å². The molecule has 6 heteroatoms. The lowest BCUT2D eigenvalue weighted by Gasteiger charge is -2.29. The van der Waals surface area contributed by atoms with Crippen LogP contribution in [0.3, 0.4) is 0 Å². The summed E-state index contributed by atoms with van der Waals surface area (Å²) in [6.07, 6.45) is 3.36. The molecule has 0 saturated carbocycles. The van der Waals surface area contributed by atoms with E-state index in [0.29, 0.717) is 18.7 Å². The number of carbonyl (C=O) groups is 1. The van der Waals surface area contributed by atoms with E-state index in [2.05, 4.69) is 20.8 Å². The fourth-order valence-corrected chi connectivity index (χ4v) is 2.76. The SMILES string of the molecule is CCCCC(=O)N(Cc1ccc(OS(=O)(=O)CC)cc1)[C@H](C)CC. The molecule has 136 valence electrons. The molecule has 1 amide bonds. The summed E-state index contributed by atoms with van der Waals surface area (Å²) in [5.41, 5.74) is 0.960. The summed E-state index contributed by atoms with van der Waals surface area (Å²) in [5, 5.41) is 0. The van der Waals surface area contributed by atoms with Gasteiger partial charge in [0.1, 0.15) is 5.75 Å². The van der Waals surface area contributed by atoms with Gasteiger partial charge in [0.2, 0.25) is 5.91 Å². The van der Waals surface area contributed by atoms with Crippen LogP contribution >= 0.6 is 0 Å². The van der Waals surface area contributed by atoms with Crippen molar-refractivity contribution in [1.29, 1.82) is 0 Å². The van der Waals surface area contributed by atoms with Gasteiger partial charge in [-0.2, -0.15) is 8.42 Å². The van der Waals surface area contributed by atoms with E-state index in [1.54, 1.807) is 12.1 Å². The van der Waals surface area contributed by atoms with Crippen molar-refractivity contribution in [2.24, 2.45) is 0 Å². The zero-order chi connectivity index (χ0) is 18.2. The van der Waals surface area contributed by atoms with E-state index in [0.717, 1.165) is 24.8 Å². The van der Waals surface area contributed by atoms with E-state index in [1.807, 2.05) is 17.0 Å². The van der Waals surface area contributed by atoms with Crippen molar-refractivity contribution in [3.05, 3.63) is 29.8 Å². The molecule has 0 aliphatic rings. The van der Waals surface area contributed by atoms with Gasteiger partial charge >= 0.3 is 10.1 Å². The number of benzene rings is 1. The quantitative estimate of drug-likeness (QED) is 0.600. The molecule has 0 heterocycles. The maximum absolute atomic E-state index is 12.4. The van der Waals surface area contributed by atoms with Gasteiger partial charge in [0.05, 0.1) is 5.75 Å². The van der Waals surface area contributed by atoms with Crippen molar-refractivity contribution in [1.82, 2.24) is 4.90 Å². The first-order chi connectivity index (χ1) is 11.3. The average Bonchev–Trinajstić information content (AvgIpc) is 2.58. The molecule has 1 atom stereocenters. The van der Waals surface area contributed by atoms with Crippen molar-refractivity contribution in [2.45, 2.75) is 66.0 Å². The summed E-state index contributed by atoms with van der Waals surface area (Å²) in [7, 11) is -3.51. The molecular weight excluding hydrogens is 326 g/mol. The summed E-state index contributed by atoms with van der Waals surface area (Å²) < 4.78 is 27.9. The van der Waals surface area contributed by atoms with Crippen LogP contribution in [0.25, 0.3) is 0 Å². The molecule has 0 aromatic heterocycles. The highest BCUT2D eigenvalue weighted by Crippen LogP contribution is 2.18. The number of carbonyl (C=O) groups excluding carboxylic acids is 1. The molecule has 1 aromatic carbocycles. The first-order valence-corrected chi connectivity index (χ1v) is 10.2. The molecule has 1 aromatic rings. The molecule has 0 N–H and O–H groups in total. The second kappa shape index (κ2) is 9.67. The molecule has 0 spiro atoms. The van der Waals surface area contributed by atoms with Crippen molar-refractivity contribution in [3.63, 3.8) is 0 Å². The Morgan fingerprint density at radius 3 is 2.29 bits per heavy atom. The normalized spacial score (nSPS) is 12.7. The van der Waals surface area contributed by atoms with Crippen molar-refractivity contribution in [3.8, 4) is 5.75 Å². The zero-order valence-electron chi connectivity index (χ0n) is 15.1. The predicted octanol–water partition coefficient (Wildman–Crippen LogP) is 3.73. The third-order valence-corrected chi connectivity index (χ3v) is 5.19. The van der Waals surface area contributed by atoms with Gasteiger partial charge in [-0.3, -0.25) is 4.79 Å². The molecule has 0 unspecified atom stereocenters. The highest BCUT2D eigenvalue weighted by Gasteiger charge is 2.19. The van der Waals surface area contributed by atoms with E-state index < -0.39 is 10.1 Å². The lowest BCUT2D eigenvalue weighted by Crippen LogP contribution is -2.37. The molecule has 0 aliphatic heterocycles. The number of rotatable bonds is 10. The van der Waals surface area contributed by atoms with Crippen LogP contribution in [-0.2, 0) is 21.5 Å². The Labute approximate surface area is 146 Å². The average molecular weight is 356 g/mol. The van der Waals surface area contributed by atoms with Crippen LogP contribution in [0, 0.1) is 0 Å². The minimum atomic E-state index is -3.51. The van der Waals surface area contributed by atoms with Crippen LogP contribution < -0.4 is 4.18 Å². The number of hydrogen-bond donors (Lipinski definition) is 0. The number of amides is 1. The van der Waals surface area contributed by atoms with Gasteiger partial charge in [-0.1, -0.05) is 32.4 Å². The van der Waals surface area contributed by atoms with Gasteiger partial charge in [0.25, 0.3) is 0 Å². The monoisotopic (exact) mass is 355 g/mol. The Kier molecular flexibility index (Phi) is 8.25. The number of hydrogen-bond acceptors (Lipinski definition) is 4. The molecular formula is C18H29NO4S. The summed E-state index contributed by atoms with van der Waals surface area (Å²) in [5.74, 6) is 0.399. The predicted molar refractivity (Wildman–Crippen MR) is 96.4 cm³/mol. The Morgan fingerprint density at radius 2 is 1.79 bits per heavy atom. The Balaban J connectivity index is 2.81. The maximum atomic E-state index is 12.4. The largest absolute Gasteiger partial charge is 0.382 e. The van der Waals surface area contributed by atoms with Crippen LogP contribution in [0.2, 0.25) is 0 Å². The van der Waals surface area contributed by atoms with Gasteiger partial charge in [-0.15, -0.1) is 0 Å². The molecule has 5 nitrogen and oxygen atoms in total. The molecule has 0 saturated heterocycles. The van der Waals surface area contributed by atoms with Crippen molar-refractivity contribution in [2.75, 3.05) is 5.75 Å². The fraction of sp³-hybridized carbons (Fsp3) is 0.611. The van der Waals surface area contributed by atoms with E-state index in [4.69, 9.17) is 4.18 Å². The number of nitrogens with zero attached hydrogens (tertiary/aromatic N) is 1. The first-order valence-electron chi connectivity index (χ1n) is 8.63. The van der Waals surface area contributed by atoms with Gasteiger partial charge in [0, 0.05) is 19.0 Å². The molecule has 0 bridgehead atoms. The van der Waals surface area contributed by atoms with Gasteiger partial charge in [0.15, 0.2) is 0 Å². The standard InChI is InChI=1S/C18H29NO4S/c1-5-8-9-18(20)19(15(4)6-2)14-16-10-12-17(13-11-16)23-24(21,22)7-3/h10-13,15H,5-9,14H2,1-4H3/t15-/m1/s1. The van der Waals surface area contributed by atoms with Gasteiger partial charge in [-0.05, 0) is 44.4 Å². The van der Waals surface area contributed by atoms with Crippen molar-refractivity contribution < 1.29 is 17.4 Å². The van der Waals surface area contributed by atoms with Gasteiger partial charge in [-0.25, -0.2) is 0 Å². The Morgan fingerprint density at radius 1 is 1.17 bits per heavy atom. The van der Waals surface area contributed by atoms with Crippen molar-refractivity contribution >= 4 is 16.0 Å². The van der Waals surface area contributed by atoms with Gasteiger partial charge < -0.3 is 9.08 Å². The van der Waals surface area contributed by atoms with Crippen LogP contribution in [0.4, 0.5) is 0 Å². The highest BCUT2D eigenvalue weighted by atomic mass is 32.2. The molecule has 0 aliphatic carbocycles. The Bertz CT molecular complexity index is 610. The summed E-state index contributed by atoms with van der Waals surface area (Å²) in [4.78, 5) is 14.3. The topological polar surface area (TPSA) is 63.7 Å². The molecule has 0 fully saturated rings. The fourth-order valence-electron chi connectivity index (χ4n) is 2.23. The van der Waals surface area contributed by atoms with E-state index in [9.17, 15) is 13.2 Å². The molecule has 0 radical (unpaired) electrons. The van der Waals surface area contributed by atoms with E-state index >= 15 is 0 Å². The lowest BCUT2D eigenvalue weighted by molar-refractivity contribution is -0.134. The lowest BCUT2D eigenvalue weighted by atomic mass is 10.1. The van der Waals surface area contributed by atoms with Crippen LogP contribution in [-0.4, -0.2) is 31.0 Å². The van der Waals surface area contributed by atoms with Crippen LogP contribution in [0.15, 0.2) is 24.3 Å². The molecule has 24 heavy (non-hydrogen) atoms. The third-order valence-electron chi connectivity index (χ3n) is 4.04. The molecule has 1 rings (SSSR count). The number of unbranched alkanes of at least 4 members (excludes halogenated alkanes) is 1. The van der Waals surface area contributed by atoms with E-state index in [-0.39, 0.29) is 17.7 Å². The summed E-state index contributed by atoms with van der Waals surface area (Å²) in [6.45, 7) is 8.25. The summed E-state index contributed by atoms with van der Waals surface area (Å²) in [6, 6.07) is 7.05. The van der Waals surface area contributed by atoms with E-state index in [1.165, 1.54) is 6.92 Å². The smallest absolute Gasteiger partial charge is 0.308 e. The maximum Gasteiger partial charge on any atom is 0.308 e.